The minimum absolute atomic E-state index is 0. The van der Waals surface area contributed by atoms with Gasteiger partial charge in [0.1, 0.15) is 6.10 Å². The summed E-state index contributed by atoms with van der Waals surface area (Å²) < 4.78 is 12.1. The highest BCUT2D eigenvalue weighted by Gasteiger charge is 2.60. The fourth-order valence-electron chi connectivity index (χ4n) is 11.4. The Balaban J connectivity index is 0.00000323. The van der Waals surface area contributed by atoms with E-state index in [1.165, 1.54) is 52.1 Å². The normalized spacial score (nSPS) is 46.2. The van der Waals surface area contributed by atoms with Gasteiger partial charge in [-0.2, -0.15) is 0 Å². The average Bonchev–Trinajstić information content (AvgIpc) is 3.29. The van der Waals surface area contributed by atoms with Crippen molar-refractivity contribution in [1.29, 1.82) is 0 Å². The number of hydrogen-bond acceptors (Lipinski definition) is 5. The predicted molar refractivity (Wildman–Crippen MR) is 152 cm³/mol. The van der Waals surface area contributed by atoms with Crippen LogP contribution in [0.3, 0.4) is 0 Å². The van der Waals surface area contributed by atoms with Crippen LogP contribution in [0, 0.1) is 46.3 Å². The first-order chi connectivity index (χ1) is 18.7. The molecule has 7 aliphatic rings. The zero-order valence-corrected chi connectivity index (χ0v) is 26.4. The van der Waals surface area contributed by atoms with Crippen LogP contribution in [0.2, 0.25) is 0 Å². The minimum atomic E-state index is -0.0594. The molecule has 3 saturated heterocycles. The van der Waals surface area contributed by atoms with Gasteiger partial charge in [0.15, 0.2) is 6.54 Å². The third kappa shape index (κ3) is 5.36. The number of carbonyl (C=O) groups is 2. The molecular weight excluding hydrogens is 524 g/mol. The number of halogens is 1. The van der Waals surface area contributed by atoms with Crippen molar-refractivity contribution < 1.29 is 36.0 Å². The number of quaternary nitrogens is 1. The lowest BCUT2D eigenvalue weighted by molar-refractivity contribution is -0.934. The molecule has 3 aliphatic heterocycles. The first-order valence-electron chi connectivity index (χ1n) is 16.5. The van der Waals surface area contributed by atoms with E-state index < -0.39 is 0 Å². The van der Waals surface area contributed by atoms with Crippen molar-refractivity contribution >= 4 is 11.9 Å². The molecule has 0 spiro atoms. The topological polar surface area (TPSA) is 55.8 Å². The summed E-state index contributed by atoms with van der Waals surface area (Å²) in [6, 6.07) is 0. The van der Waals surface area contributed by atoms with Gasteiger partial charge in [-0.3, -0.25) is 9.69 Å². The molecule has 0 aromatic heterocycles. The van der Waals surface area contributed by atoms with Gasteiger partial charge in [-0.1, -0.05) is 20.8 Å². The summed E-state index contributed by atoms with van der Waals surface area (Å²) >= 11 is 0. The Bertz CT molecular complexity index is 924. The molecule has 4 saturated carbocycles. The molecule has 7 fully saturated rings. The number of methoxy groups -OCH3 is 1. The molecule has 40 heavy (non-hydrogen) atoms. The molecule has 0 N–H and O–H groups in total. The lowest BCUT2D eigenvalue weighted by atomic mass is 9.44. The minimum Gasteiger partial charge on any atom is -1.00 e. The Hall–Kier alpha value is -0.850. The van der Waals surface area contributed by atoms with Gasteiger partial charge in [0.2, 0.25) is 0 Å². The highest BCUT2D eigenvalue weighted by molar-refractivity contribution is 5.71. The van der Waals surface area contributed by atoms with Crippen LogP contribution >= 0.6 is 0 Å². The molecule has 3 heterocycles. The Morgan fingerprint density at radius 2 is 1.57 bits per heavy atom. The van der Waals surface area contributed by atoms with Gasteiger partial charge in [0, 0.05) is 26.1 Å². The summed E-state index contributed by atoms with van der Waals surface area (Å²) in [4.78, 5) is 27.4. The number of piperazine rings is 3. The summed E-state index contributed by atoms with van der Waals surface area (Å²) in [5.41, 5.74) is 0.840. The zero-order valence-electron chi connectivity index (χ0n) is 25.7. The molecule has 6 nitrogen and oxygen atoms in total. The van der Waals surface area contributed by atoms with Gasteiger partial charge in [-0.25, -0.2) is 4.79 Å². The third-order valence-corrected chi connectivity index (χ3v) is 13.8. The van der Waals surface area contributed by atoms with Crippen LogP contribution in [0.5, 0.6) is 0 Å². The number of rotatable bonds is 7. The van der Waals surface area contributed by atoms with Crippen LogP contribution in [-0.2, 0) is 19.1 Å². The van der Waals surface area contributed by atoms with Crippen molar-refractivity contribution in [2.45, 2.75) is 97.5 Å². The van der Waals surface area contributed by atoms with E-state index in [4.69, 9.17) is 9.47 Å². The van der Waals surface area contributed by atoms with Gasteiger partial charge >= 0.3 is 11.9 Å². The van der Waals surface area contributed by atoms with Crippen molar-refractivity contribution in [2.24, 2.45) is 46.3 Å². The smallest absolute Gasteiger partial charge is 0.362 e. The molecule has 2 bridgehead atoms. The third-order valence-electron chi connectivity index (χ3n) is 13.8. The average molecular weight is 579 g/mol. The molecule has 0 aromatic rings. The van der Waals surface area contributed by atoms with Crippen molar-refractivity contribution in [3.8, 4) is 0 Å². The van der Waals surface area contributed by atoms with E-state index in [2.05, 4.69) is 25.7 Å². The highest BCUT2D eigenvalue weighted by Crippen LogP contribution is 2.68. The van der Waals surface area contributed by atoms with Crippen LogP contribution in [0.15, 0.2) is 0 Å². The number of carbonyl (C=O) groups excluding carboxylic acids is 2. The molecule has 7 rings (SSSR count). The van der Waals surface area contributed by atoms with E-state index in [0.29, 0.717) is 35.6 Å². The lowest BCUT2D eigenvalue weighted by Crippen LogP contribution is -3.00. The maximum atomic E-state index is 13.1. The first kappa shape index (κ1) is 30.6. The molecule has 7 heteroatoms. The quantitative estimate of drug-likeness (QED) is 0.343. The van der Waals surface area contributed by atoms with Gasteiger partial charge in [-0.05, 0) is 111 Å². The molecule has 0 amide bonds. The van der Waals surface area contributed by atoms with Gasteiger partial charge < -0.3 is 26.4 Å². The summed E-state index contributed by atoms with van der Waals surface area (Å²) in [5.74, 6) is 4.57. The summed E-state index contributed by atoms with van der Waals surface area (Å²) in [6.07, 6.45) is 13.2. The van der Waals surface area contributed by atoms with Crippen molar-refractivity contribution in [1.82, 2.24) is 4.90 Å². The molecule has 0 unspecified atom stereocenters. The zero-order chi connectivity index (χ0) is 27.4. The van der Waals surface area contributed by atoms with E-state index in [0.717, 1.165) is 86.7 Å². The van der Waals surface area contributed by atoms with Crippen LogP contribution in [-0.4, -0.2) is 80.3 Å². The Labute approximate surface area is 249 Å². The number of nitrogens with zero attached hydrogens (tertiary/aromatic N) is 2. The number of fused-ring (bicyclic) bond motifs is 8. The molecule has 228 valence electrons. The molecule has 9 atom stereocenters. The monoisotopic (exact) mass is 578 g/mol. The second-order valence-corrected chi connectivity index (χ2v) is 15.4. The Kier molecular flexibility index (Phi) is 8.93. The number of esters is 2. The van der Waals surface area contributed by atoms with E-state index in [1.807, 2.05) is 0 Å². The lowest BCUT2D eigenvalue weighted by Gasteiger charge is -2.61. The van der Waals surface area contributed by atoms with Gasteiger partial charge in [0.25, 0.3) is 0 Å². The Morgan fingerprint density at radius 1 is 0.900 bits per heavy atom. The van der Waals surface area contributed by atoms with Crippen LogP contribution in [0.25, 0.3) is 0 Å². The van der Waals surface area contributed by atoms with Gasteiger partial charge in [-0.15, -0.1) is 0 Å². The van der Waals surface area contributed by atoms with Crippen molar-refractivity contribution in [3.63, 3.8) is 0 Å². The molecule has 0 aromatic carbocycles. The summed E-state index contributed by atoms with van der Waals surface area (Å²) in [7, 11) is 1.51. The number of ether oxygens (including phenoxy) is 2. The maximum Gasteiger partial charge on any atom is 0.362 e. The van der Waals surface area contributed by atoms with Crippen LogP contribution < -0.4 is 12.4 Å². The maximum absolute atomic E-state index is 13.1. The second-order valence-electron chi connectivity index (χ2n) is 15.4. The van der Waals surface area contributed by atoms with Crippen molar-refractivity contribution in [2.75, 3.05) is 52.9 Å². The van der Waals surface area contributed by atoms with E-state index in [-0.39, 0.29) is 30.4 Å². The Morgan fingerprint density at radius 3 is 2.27 bits per heavy atom. The summed E-state index contributed by atoms with van der Waals surface area (Å²) in [5, 5.41) is 0. The second kappa shape index (κ2) is 11.7. The van der Waals surface area contributed by atoms with Gasteiger partial charge in [0.05, 0.1) is 26.7 Å². The number of hydrogen-bond donors (Lipinski definition) is 0. The van der Waals surface area contributed by atoms with Crippen molar-refractivity contribution in [3.05, 3.63) is 0 Å². The predicted octanol–water partition coefficient (Wildman–Crippen LogP) is 2.30. The standard InChI is InChI=1S/C33H55N2O4.ClH/c1-23(5-10-30(36)38-4)27-8-9-28-26-7-6-24-21-25(11-13-32(24,2)29(26)12-14-33(27,28)3)39-31(37)22-35-18-15-34(16-19-35)17-20-35;/h23-29H,5-22H2,1-4H3;1H/q+1;/p-1/t23-,24-,25-,26+,27-,28+,29+,32+,33-;/m1./s1. The van der Waals surface area contributed by atoms with Crippen LogP contribution in [0.1, 0.15) is 91.4 Å². The first-order valence-corrected chi connectivity index (χ1v) is 16.5. The molecule has 4 aliphatic carbocycles. The highest BCUT2D eigenvalue weighted by atomic mass is 35.5. The SMILES string of the molecule is COC(=O)CC[C@@H](C)[C@H]1CC[C@H]2[C@@H]3CC[C@@H]4C[C@H](OC(=O)C[N+]56CCN(CC5)CC6)CC[C@]4(C)[C@H]3CC[C@]12C.[Cl-]. The molecule has 0 radical (unpaired) electrons. The fraction of sp³-hybridized carbons (Fsp3) is 0.939. The molecular formula is C33H55ClN2O4. The van der Waals surface area contributed by atoms with E-state index in [1.54, 1.807) is 0 Å². The summed E-state index contributed by atoms with van der Waals surface area (Å²) in [6.45, 7) is 15.0. The van der Waals surface area contributed by atoms with E-state index >= 15 is 0 Å². The largest absolute Gasteiger partial charge is 1.00 e. The fourth-order valence-corrected chi connectivity index (χ4v) is 11.4. The van der Waals surface area contributed by atoms with E-state index in [9.17, 15) is 9.59 Å². The van der Waals surface area contributed by atoms with Crippen LogP contribution in [0.4, 0.5) is 0 Å².